The number of hydrogen-bond donors (Lipinski definition) is 2. The molecule has 1 fully saturated rings. The first-order valence-corrected chi connectivity index (χ1v) is 6.96. The first-order valence-electron chi connectivity index (χ1n) is 5.59. The molecule has 0 aromatic heterocycles. The quantitative estimate of drug-likeness (QED) is 0.639. The number of nitrogens with two attached hydrogens (primary N) is 1. The Morgan fingerprint density at radius 1 is 1.53 bits per heavy atom. The first-order chi connectivity index (χ1) is 8.15. The van der Waals surface area contributed by atoms with Gasteiger partial charge in [0.2, 0.25) is 5.91 Å². The Morgan fingerprint density at radius 2 is 2.29 bits per heavy atom. The van der Waals surface area contributed by atoms with Crippen LogP contribution in [0.4, 0.5) is 5.69 Å². The van der Waals surface area contributed by atoms with Gasteiger partial charge in [-0.05, 0) is 37.0 Å². The van der Waals surface area contributed by atoms with E-state index in [-0.39, 0.29) is 5.91 Å². The van der Waals surface area contributed by atoms with E-state index in [4.69, 9.17) is 17.3 Å². The molecule has 0 radical (unpaired) electrons. The van der Waals surface area contributed by atoms with E-state index in [0.29, 0.717) is 22.4 Å². The highest BCUT2D eigenvalue weighted by molar-refractivity contribution is 8.00. The van der Waals surface area contributed by atoms with Gasteiger partial charge in [0.05, 0.1) is 10.8 Å². The molecule has 0 heterocycles. The molecule has 5 heteroatoms. The number of carbonyl (C=O) groups excluding carboxylic acids is 1. The molecule has 0 unspecified atom stereocenters. The number of nitrogens with one attached hydrogen (secondary N) is 1. The van der Waals surface area contributed by atoms with Crippen molar-refractivity contribution in [1.29, 1.82) is 0 Å². The summed E-state index contributed by atoms with van der Waals surface area (Å²) in [5, 5.41) is 3.52. The molecule has 17 heavy (non-hydrogen) atoms. The van der Waals surface area contributed by atoms with Gasteiger partial charge in [0.25, 0.3) is 0 Å². The minimum Gasteiger partial charge on any atom is -0.399 e. The Morgan fingerprint density at radius 3 is 2.94 bits per heavy atom. The summed E-state index contributed by atoms with van der Waals surface area (Å²) in [5.74, 6) is 1.18. The number of nitrogen functional groups attached to an aromatic ring is 1. The lowest BCUT2D eigenvalue weighted by atomic mass is 10.3. The van der Waals surface area contributed by atoms with Gasteiger partial charge in [-0.2, -0.15) is 0 Å². The third kappa shape index (κ3) is 4.13. The van der Waals surface area contributed by atoms with Crippen LogP contribution in [0, 0.1) is 5.92 Å². The van der Waals surface area contributed by atoms with Crippen molar-refractivity contribution < 1.29 is 4.79 Å². The van der Waals surface area contributed by atoms with Crippen LogP contribution in [-0.4, -0.2) is 18.2 Å². The minimum absolute atomic E-state index is 0.0646. The maximum atomic E-state index is 11.5. The van der Waals surface area contributed by atoms with Gasteiger partial charge in [0, 0.05) is 17.1 Å². The van der Waals surface area contributed by atoms with Crippen molar-refractivity contribution in [3.63, 3.8) is 0 Å². The van der Waals surface area contributed by atoms with Gasteiger partial charge in [-0.3, -0.25) is 4.79 Å². The highest BCUT2D eigenvalue weighted by Crippen LogP contribution is 2.29. The number of rotatable bonds is 5. The highest BCUT2D eigenvalue weighted by atomic mass is 35.5. The van der Waals surface area contributed by atoms with Crippen LogP contribution in [-0.2, 0) is 4.79 Å². The van der Waals surface area contributed by atoms with Gasteiger partial charge in [-0.15, -0.1) is 11.8 Å². The number of thioether (sulfide) groups is 1. The van der Waals surface area contributed by atoms with Crippen molar-refractivity contribution in [3.05, 3.63) is 23.2 Å². The van der Waals surface area contributed by atoms with Crippen molar-refractivity contribution in [2.45, 2.75) is 17.7 Å². The van der Waals surface area contributed by atoms with Gasteiger partial charge in [0.15, 0.2) is 0 Å². The summed E-state index contributed by atoms with van der Waals surface area (Å²) >= 11 is 7.45. The number of carbonyl (C=O) groups is 1. The molecule has 0 aliphatic heterocycles. The molecule has 3 nitrogen and oxygen atoms in total. The van der Waals surface area contributed by atoms with Crippen LogP contribution in [0.25, 0.3) is 0 Å². The molecule has 2 rings (SSSR count). The number of halogens is 1. The Bertz CT molecular complexity index is 421. The average Bonchev–Trinajstić information content (AvgIpc) is 3.09. The number of hydrogen-bond acceptors (Lipinski definition) is 3. The summed E-state index contributed by atoms with van der Waals surface area (Å²) in [6.45, 7) is 0.814. The molecule has 0 bridgehead atoms. The number of anilines is 1. The molecule has 0 saturated heterocycles. The summed E-state index contributed by atoms with van der Waals surface area (Å²) in [6.07, 6.45) is 2.49. The van der Waals surface area contributed by atoms with Gasteiger partial charge >= 0.3 is 0 Å². The largest absolute Gasteiger partial charge is 0.399 e. The molecule has 1 aliphatic rings. The third-order valence-corrected chi connectivity index (χ3v) is 4.10. The minimum atomic E-state index is 0.0646. The van der Waals surface area contributed by atoms with Crippen LogP contribution in [0.5, 0.6) is 0 Å². The monoisotopic (exact) mass is 270 g/mol. The zero-order valence-corrected chi connectivity index (χ0v) is 11.0. The second-order valence-corrected chi connectivity index (χ2v) is 5.65. The summed E-state index contributed by atoms with van der Waals surface area (Å²) in [4.78, 5) is 12.4. The van der Waals surface area contributed by atoms with Crippen LogP contribution >= 0.6 is 23.4 Å². The smallest absolute Gasteiger partial charge is 0.230 e. The molecule has 1 aromatic carbocycles. The second kappa shape index (κ2) is 5.65. The second-order valence-electron chi connectivity index (χ2n) is 4.23. The standard InChI is InChI=1S/C12H15ClN2OS/c13-10-5-9(14)3-4-11(10)17-7-12(16)15-6-8-1-2-8/h3-5,8H,1-2,6-7,14H2,(H,15,16). The van der Waals surface area contributed by atoms with Crippen LogP contribution in [0.15, 0.2) is 23.1 Å². The van der Waals surface area contributed by atoms with Crippen LogP contribution in [0.2, 0.25) is 5.02 Å². The normalized spacial score (nSPS) is 14.6. The predicted octanol–water partition coefficient (Wildman–Crippen LogP) is 2.54. The zero-order valence-electron chi connectivity index (χ0n) is 9.41. The van der Waals surface area contributed by atoms with E-state index < -0.39 is 0 Å². The molecule has 0 atom stereocenters. The molecular formula is C12H15ClN2OS. The molecule has 1 saturated carbocycles. The molecular weight excluding hydrogens is 256 g/mol. The summed E-state index contributed by atoms with van der Waals surface area (Å²) < 4.78 is 0. The SMILES string of the molecule is Nc1ccc(SCC(=O)NCC2CC2)c(Cl)c1. The molecule has 92 valence electrons. The molecule has 1 amide bonds. The molecule has 3 N–H and O–H groups in total. The van der Waals surface area contributed by atoms with E-state index in [9.17, 15) is 4.79 Å². The van der Waals surface area contributed by atoms with Crippen LogP contribution in [0.3, 0.4) is 0 Å². The van der Waals surface area contributed by atoms with E-state index in [2.05, 4.69) is 5.32 Å². The van der Waals surface area contributed by atoms with E-state index in [1.54, 1.807) is 12.1 Å². The van der Waals surface area contributed by atoms with Crippen molar-refractivity contribution in [2.24, 2.45) is 5.92 Å². The van der Waals surface area contributed by atoms with Gasteiger partial charge in [0.1, 0.15) is 0 Å². The maximum absolute atomic E-state index is 11.5. The fourth-order valence-electron chi connectivity index (χ4n) is 1.41. The molecule has 1 aliphatic carbocycles. The van der Waals surface area contributed by atoms with Crippen LogP contribution in [0.1, 0.15) is 12.8 Å². The fourth-order valence-corrected chi connectivity index (χ4v) is 2.51. The van der Waals surface area contributed by atoms with Gasteiger partial charge < -0.3 is 11.1 Å². The van der Waals surface area contributed by atoms with E-state index in [1.807, 2.05) is 6.07 Å². The summed E-state index contributed by atoms with van der Waals surface area (Å²) in [7, 11) is 0. The summed E-state index contributed by atoms with van der Waals surface area (Å²) in [6, 6.07) is 5.33. The van der Waals surface area contributed by atoms with Crippen molar-refractivity contribution >= 4 is 35.0 Å². The Balaban J connectivity index is 1.77. The Hall–Kier alpha value is -0.870. The average molecular weight is 271 g/mol. The van der Waals surface area contributed by atoms with E-state index in [0.717, 1.165) is 11.4 Å². The molecule has 1 aromatic rings. The third-order valence-electron chi connectivity index (χ3n) is 2.60. The number of benzene rings is 1. The first kappa shape index (κ1) is 12.6. The summed E-state index contributed by atoms with van der Waals surface area (Å²) in [5.41, 5.74) is 6.24. The lowest BCUT2D eigenvalue weighted by molar-refractivity contribution is -0.118. The predicted molar refractivity (Wildman–Crippen MR) is 72.3 cm³/mol. The van der Waals surface area contributed by atoms with E-state index >= 15 is 0 Å². The van der Waals surface area contributed by atoms with Crippen molar-refractivity contribution in [2.75, 3.05) is 18.0 Å². The van der Waals surface area contributed by atoms with Crippen LogP contribution < -0.4 is 11.1 Å². The fraction of sp³-hybridized carbons (Fsp3) is 0.417. The number of amides is 1. The maximum Gasteiger partial charge on any atom is 0.230 e. The highest BCUT2D eigenvalue weighted by Gasteiger charge is 2.21. The lowest BCUT2D eigenvalue weighted by Gasteiger charge is -2.06. The molecule has 0 spiro atoms. The van der Waals surface area contributed by atoms with Crippen molar-refractivity contribution in [3.8, 4) is 0 Å². The van der Waals surface area contributed by atoms with Crippen molar-refractivity contribution in [1.82, 2.24) is 5.32 Å². The van der Waals surface area contributed by atoms with E-state index in [1.165, 1.54) is 24.6 Å². The zero-order chi connectivity index (χ0) is 12.3. The Labute approximate surface area is 110 Å². The topological polar surface area (TPSA) is 55.1 Å². The van der Waals surface area contributed by atoms with Gasteiger partial charge in [-0.25, -0.2) is 0 Å². The van der Waals surface area contributed by atoms with Gasteiger partial charge in [-0.1, -0.05) is 11.6 Å². The lowest BCUT2D eigenvalue weighted by Crippen LogP contribution is -2.27. The Kier molecular flexibility index (Phi) is 4.18.